The molecule has 4 rings (SSSR count). The lowest BCUT2D eigenvalue weighted by Gasteiger charge is -2.36. The molecule has 2 aliphatic rings. The van der Waals surface area contributed by atoms with Crippen molar-refractivity contribution in [2.24, 2.45) is 0 Å². The summed E-state index contributed by atoms with van der Waals surface area (Å²) in [6.45, 7) is 5.76. The molecule has 6 nitrogen and oxygen atoms in total. The maximum absolute atomic E-state index is 13.6. The number of hydrogen-bond donors (Lipinski definition) is 0. The Kier molecular flexibility index (Phi) is 5.12. The van der Waals surface area contributed by atoms with Crippen LogP contribution in [-0.2, 0) is 14.8 Å². The van der Waals surface area contributed by atoms with E-state index in [9.17, 15) is 13.2 Å². The zero-order valence-electron chi connectivity index (χ0n) is 17.0. The lowest BCUT2D eigenvalue weighted by Crippen LogP contribution is -2.47. The average molecular weight is 415 g/mol. The van der Waals surface area contributed by atoms with Gasteiger partial charge in [0.2, 0.25) is 0 Å². The van der Waals surface area contributed by atoms with E-state index in [0.29, 0.717) is 5.56 Å². The van der Waals surface area contributed by atoms with Crippen molar-refractivity contribution in [2.45, 2.75) is 37.1 Å². The Morgan fingerprint density at radius 2 is 1.90 bits per heavy atom. The van der Waals surface area contributed by atoms with Gasteiger partial charge in [0.15, 0.2) is 0 Å². The zero-order chi connectivity index (χ0) is 20.8. The van der Waals surface area contributed by atoms with E-state index in [1.54, 1.807) is 11.2 Å². The van der Waals surface area contributed by atoms with E-state index in [0.717, 1.165) is 36.3 Å². The molecule has 0 spiro atoms. The summed E-state index contributed by atoms with van der Waals surface area (Å²) in [6.07, 6.45) is 0.787. The van der Waals surface area contributed by atoms with Crippen LogP contribution in [0.2, 0.25) is 0 Å². The van der Waals surface area contributed by atoms with Gasteiger partial charge in [0.1, 0.15) is 0 Å². The average Bonchev–Trinajstić information content (AvgIpc) is 3.02. The Bertz CT molecular complexity index is 1030. The molecule has 1 saturated heterocycles. The molecule has 2 aromatic carbocycles. The predicted molar refractivity (Wildman–Crippen MR) is 112 cm³/mol. The van der Waals surface area contributed by atoms with Crippen molar-refractivity contribution < 1.29 is 17.9 Å². The molecule has 0 radical (unpaired) electrons. The van der Waals surface area contributed by atoms with Crippen molar-refractivity contribution >= 4 is 21.7 Å². The van der Waals surface area contributed by atoms with Crippen LogP contribution in [0.1, 0.15) is 40.7 Å². The lowest BCUT2D eigenvalue weighted by molar-refractivity contribution is 0.0526. The Morgan fingerprint density at radius 3 is 2.59 bits per heavy atom. The van der Waals surface area contributed by atoms with E-state index in [2.05, 4.69) is 18.0 Å². The van der Waals surface area contributed by atoms with Crippen LogP contribution in [0.5, 0.6) is 0 Å². The number of hydrogen-bond acceptors (Lipinski definition) is 5. The number of piperidine rings is 1. The van der Waals surface area contributed by atoms with Crippen molar-refractivity contribution in [3.63, 3.8) is 0 Å². The van der Waals surface area contributed by atoms with Crippen molar-refractivity contribution in [3.8, 4) is 0 Å². The van der Waals surface area contributed by atoms with Gasteiger partial charge < -0.3 is 9.64 Å². The normalized spacial score (nSPS) is 21.6. The van der Waals surface area contributed by atoms with Crippen molar-refractivity contribution in [1.82, 2.24) is 4.90 Å². The molecule has 0 amide bonds. The van der Waals surface area contributed by atoms with Crippen molar-refractivity contribution in [2.75, 3.05) is 31.0 Å². The van der Waals surface area contributed by atoms with Gasteiger partial charge in [-0.15, -0.1) is 0 Å². The van der Waals surface area contributed by atoms with Gasteiger partial charge >= 0.3 is 5.97 Å². The molecule has 2 heterocycles. The van der Waals surface area contributed by atoms with Crippen LogP contribution in [-0.4, -0.2) is 52.1 Å². The third kappa shape index (κ3) is 3.42. The van der Waals surface area contributed by atoms with Gasteiger partial charge in [0, 0.05) is 12.5 Å². The number of likely N-dealkylation sites (N-methyl/N-ethyl adjacent to an activating group) is 1. The van der Waals surface area contributed by atoms with Gasteiger partial charge in [0.25, 0.3) is 10.0 Å². The summed E-state index contributed by atoms with van der Waals surface area (Å²) in [5, 5.41) is 0. The Hall–Kier alpha value is -2.38. The van der Waals surface area contributed by atoms with Crippen LogP contribution in [0.4, 0.5) is 5.69 Å². The molecule has 1 fully saturated rings. The maximum Gasteiger partial charge on any atom is 0.338 e. The van der Waals surface area contributed by atoms with Gasteiger partial charge in [-0.1, -0.05) is 17.7 Å². The Balaban J connectivity index is 1.74. The highest BCUT2D eigenvalue weighted by Crippen LogP contribution is 2.47. The van der Waals surface area contributed by atoms with Gasteiger partial charge in [-0.3, -0.25) is 4.31 Å². The third-order valence-corrected chi connectivity index (χ3v) is 7.68. The van der Waals surface area contributed by atoms with E-state index < -0.39 is 16.0 Å². The number of nitrogens with zero attached hydrogens (tertiary/aromatic N) is 2. The number of benzene rings is 2. The standard InChI is InChI=1S/C22H26N2O4S/c1-4-28-22(25)16-6-8-17(9-7-16)29(26,27)24-20-10-5-15(2)13-18(20)19-14-23(3)12-11-21(19)24/h5-10,13,19,21H,4,11-12,14H2,1-3H3/t19-,21-/m0/s1. The van der Waals surface area contributed by atoms with Crippen LogP contribution in [0.3, 0.4) is 0 Å². The number of anilines is 1. The SMILES string of the molecule is CCOC(=O)c1ccc(S(=O)(=O)N2c3ccc(C)cc3[C@@H]3CN(C)CC[C@@H]32)cc1. The van der Waals surface area contributed by atoms with Crippen LogP contribution in [0.25, 0.3) is 0 Å². The Morgan fingerprint density at radius 1 is 1.17 bits per heavy atom. The molecule has 0 bridgehead atoms. The quantitative estimate of drug-likeness (QED) is 0.719. The highest BCUT2D eigenvalue weighted by atomic mass is 32.2. The summed E-state index contributed by atoms with van der Waals surface area (Å²) in [4.78, 5) is 14.3. The second-order valence-electron chi connectivity index (χ2n) is 7.83. The smallest absolute Gasteiger partial charge is 0.338 e. The topological polar surface area (TPSA) is 66.9 Å². The first-order valence-electron chi connectivity index (χ1n) is 9.93. The monoisotopic (exact) mass is 414 g/mol. The van der Waals surface area contributed by atoms with Crippen LogP contribution in [0.15, 0.2) is 47.4 Å². The molecule has 0 aliphatic carbocycles. The first kappa shape index (κ1) is 19.9. The summed E-state index contributed by atoms with van der Waals surface area (Å²) in [5.74, 6) is -0.286. The second kappa shape index (κ2) is 7.46. The minimum Gasteiger partial charge on any atom is -0.462 e. The molecule has 0 unspecified atom stereocenters. The summed E-state index contributed by atoms with van der Waals surface area (Å²) < 4.78 is 33.8. The molecular formula is C22H26N2O4S. The van der Waals surface area contributed by atoms with Gasteiger partial charge in [-0.25, -0.2) is 13.2 Å². The van der Waals surface area contributed by atoms with E-state index in [1.165, 1.54) is 24.3 Å². The number of likely N-dealkylation sites (tertiary alicyclic amines) is 1. The van der Waals surface area contributed by atoms with Crippen molar-refractivity contribution in [3.05, 3.63) is 59.2 Å². The van der Waals surface area contributed by atoms with Crippen molar-refractivity contribution in [1.29, 1.82) is 0 Å². The summed E-state index contributed by atoms with van der Waals surface area (Å²) in [7, 11) is -1.66. The Labute approximate surface area is 172 Å². The fourth-order valence-corrected chi connectivity index (χ4v) is 6.18. The van der Waals surface area contributed by atoms with Gasteiger partial charge in [-0.2, -0.15) is 0 Å². The number of ether oxygens (including phenoxy) is 1. The molecule has 2 aromatic rings. The molecule has 29 heavy (non-hydrogen) atoms. The minimum absolute atomic E-state index is 0.0854. The number of carbonyl (C=O) groups is 1. The third-order valence-electron chi connectivity index (χ3n) is 5.82. The first-order valence-corrected chi connectivity index (χ1v) is 11.4. The summed E-state index contributed by atoms with van der Waals surface area (Å²) in [5.41, 5.74) is 3.36. The molecule has 0 N–H and O–H groups in total. The van der Waals surface area contributed by atoms with Crippen LogP contribution < -0.4 is 4.31 Å². The van der Waals surface area contributed by atoms with Gasteiger partial charge in [0.05, 0.1) is 28.8 Å². The van der Waals surface area contributed by atoms with E-state index in [-0.39, 0.29) is 23.5 Å². The molecule has 7 heteroatoms. The van der Waals surface area contributed by atoms with Crippen LogP contribution >= 0.6 is 0 Å². The number of esters is 1. The molecule has 2 atom stereocenters. The fraction of sp³-hybridized carbons (Fsp3) is 0.409. The van der Waals surface area contributed by atoms with E-state index >= 15 is 0 Å². The molecule has 0 saturated carbocycles. The number of rotatable bonds is 4. The largest absolute Gasteiger partial charge is 0.462 e. The lowest BCUT2D eigenvalue weighted by atomic mass is 9.89. The molecule has 2 aliphatic heterocycles. The van der Waals surface area contributed by atoms with E-state index in [1.807, 2.05) is 19.1 Å². The molecular weight excluding hydrogens is 388 g/mol. The summed E-state index contributed by atoms with van der Waals surface area (Å²) >= 11 is 0. The first-order chi connectivity index (χ1) is 13.8. The molecule has 0 aromatic heterocycles. The number of aryl methyl sites for hydroxylation is 1. The maximum atomic E-state index is 13.6. The second-order valence-corrected chi connectivity index (χ2v) is 9.65. The minimum atomic E-state index is -3.74. The number of sulfonamides is 1. The summed E-state index contributed by atoms with van der Waals surface area (Å²) in [6, 6.07) is 11.9. The highest BCUT2D eigenvalue weighted by molar-refractivity contribution is 7.92. The van der Waals surface area contributed by atoms with E-state index in [4.69, 9.17) is 4.74 Å². The zero-order valence-corrected chi connectivity index (χ0v) is 17.8. The predicted octanol–water partition coefficient (Wildman–Crippen LogP) is 3.17. The highest BCUT2D eigenvalue weighted by Gasteiger charge is 2.46. The van der Waals surface area contributed by atoms with Gasteiger partial charge in [-0.05, 0) is 69.8 Å². The fourth-order valence-electron chi connectivity index (χ4n) is 4.44. The molecule has 154 valence electrons. The number of fused-ring (bicyclic) bond motifs is 3. The van der Waals surface area contributed by atoms with Crippen LogP contribution in [0, 0.1) is 6.92 Å². The number of carbonyl (C=O) groups excluding carboxylic acids is 1.